The highest BCUT2D eigenvalue weighted by Gasteiger charge is 2.19. The molecule has 0 saturated carbocycles. The lowest BCUT2D eigenvalue weighted by Crippen LogP contribution is -2.40. The molecule has 2 aromatic carbocycles. The topological polar surface area (TPSA) is 67.9 Å². The van der Waals surface area contributed by atoms with Crippen molar-refractivity contribution < 1.29 is 19.1 Å². The van der Waals surface area contributed by atoms with Gasteiger partial charge in [0, 0.05) is 28.8 Å². The Morgan fingerprint density at radius 3 is 2.52 bits per heavy atom. The van der Waals surface area contributed by atoms with Gasteiger partial charge in [-0.15, -0.1) is 0 Å². The Labute approximate surface area is 166 Å². The van der Waals surface area contributed by atoms with Gasteiger partial charge < -0.3 is 19.7 Å². The minimum Gasteiger partial charge on any atom is -0.493 e. The van der Waals surface area contributed by atoms with Crippen LogP contribution in [0.15, 0.2) is 46.9 Å². The van der Waals surface area contributed by atoms with Gasteiger partial charge in [0.25, 0.3) is 11.8 Å². The largest absolute Gasteiger partial charge is 0.493 e. The molecule has 1 heterocycles. The molecule has 0 aliphatic carbocycles. The summed E-state index contributed by atoms with van der Waals surface area (Å²) in [7, 11) is 0. The van der Waals surface area contributed by atoms with Gasteiger partial charge in [-0.2, -0.15) is 0 Å². The Balaban J connectivity index is 1.70. The minimum atomic E-state index is -0.271. The molecule has 1 aliphatic heterocycles. The van der Waals surface area contributed by atoms with E-state index >= 15 is 0 Å². The zero-order chi connectivity index (χ0) is 19.2. The summed E-state index contributed by atoms with van der Waals surface area (Å²) in [6.45, 7) is 4.67. The van der Waals surface area contributed by atoms with E-state index in [0.29, 0.717) is 55.5 Å². The molecule has 1 N–H and O–H groups in total. The molecule has 0 bridgehead atoms. The third kappa shape index (κ3) is 4.87. The summed E-state index contributed by atoms with van der Waals surface area (Å²) in [4.78, 5) is 26.9. The zero-order valence-electron chi connectivity index (χ0n) is 15.0. The van der Waals surface area contributed by atoms with Crippen LogP contribution >= 0.6 is 15.9 Å². The maximum atomic E-state index is 12.6. The van der Waals surface area contributed by atoms with E-state index in [2.05, 4.69) is 21.2 Å². The lowest BCUT2D eigenvalue weighted by Gasteiger charge is -2.26. The molecule has 0 radical (unpaired) electrons. The van der Waals surface area contributed by atoms with Gasteiger partial charge in [-0.3, -0.25) is 9.59 Å². The minimum absolute atomic E-state index is 0.0261. The predicted molar refractivity (Wildman–Crippen MR) is 106 cm³/mol. The van der Waals surface area contributed by atoms with Crippen LogP contribution < -0.4 is 10.1 Å². The quantitative estimate of drug-likeness (QED) is 0.783. The number of anilines is 1. The molecule has 0 spiro atoms. The number of nitrogens with one attached hydrogen (secondary N) is 1. The van der Waals surface area contributed by atoms with E-state index < -0.39 is 0 Å². The van der Waals surface area contributed by atoms with Gasteiger partial charge in [0.1, 0.15) is 5.75 Å². The van der Waals surface area contributed by atoms with Gasteiger partial charge in [0.05, 0.1) is 25.4 Å². The van der Waals surface area contributed by atoms with Crippen LogP contribution in [0, 0.1) is 0 Å². The number of rotatable bonds is 5. The van der Waals surface area contributed by atoms with Crippen molar-refractivity contribution in [1.29, 1.82) is 0 Å². The lowest BCUT2D eigenvalue weighted by molar-refractivity contribution is 0.0303. The molecule has 2 amide bonds. The number of ether oxygens (including phenoxy) is 2. The molecule has 3 rings (SSSR count). The average Bonchev–Trinajstić information content (AvgIpc) is 2.70. The number of hydrogen-bond acceptors (Lipinski definition) is 4. The summed E-state index contributed by atoms with van der Waals surface area (Å²) in [5.41, 5.74) is 1.65. The Morgan fingerprint density at radius 1 is 1.15 bits per heavy atom. The number of carbonyl (C=O) groups is 2. The monoisotopic (exact) mass is 432 g/mol. The van der Waals surface area contributed by atoms with Gasteiger partial charge in [-0.25, -0.2) is 0 Å². The summed E-state index contributed by atoms with van der Waals surface area (Å²) >= 11 is 3.38. The van der Waals surface area contributed by atoms with Crippen molar-refractivity contribution in [2.24, 2.45) is 0 Å². The van der Waals surface area contributed by atoms with Gasteiger partial charge in [0.15, 0.2) is 0 Å². The fourth-order valence-electron chi connectivity index (χ4n) is 2.80. The molecule has 1 fully saturated rings. The summed E-state index contributed by atoms with van der Waals surface area (Å²) in [6.07, 6.45) is 0. The van der Waals surface area contributed by atoms with E-state index in [1.165, 1.54) is 0 Å². The number of carbonyl (C=O) groups excluding carboxylic acids is 2. The first-order chi connectivity index (χ1) is 13.1. The van der Waals surface area contributed by atoms with Crippen molar-refractivity contribution in [2.45, 2.75) is 6.92 Å². The molecular formula is C20H21BrN2O4. The molecule has 1 saturated heterocycles. The average molecular weight is 433 g/mol. The van der Waals surface area contributed by atoms with Gasteiger partial charge in [-0.1, -0.05) is 15.9 Å². The highest BCUT2D eigenvalue weighted by molar-refractivity contribution is 9.10. The standard InChI is InChI=1S/C20H21BrN2O4/c1-2-27-18-8-5-15(21)13-17(18)19(24)22-16-6-3-14(4-7-16)20(25)23-9-11-26-12-10-23/h3-8,13H,2,9-12H2,1H3,(H,22,24). The van der Waals surface area contributed by atoms with Crippen LogP contribution in [0.2, 0.25) is 0 Å². The summed E-state index contributed by atoms with van der Waals surface area (Å²) in [5, 5.41) is 2.85. The smallest absolute Gasteiger partial charge is 0.259 e. The van der Waals surface area contributed by atoms with Crippen molar-refractivity contribution in [3.63, 3.8) is 0 Å². The first-order valence-corrected chi connectivity index (χ1v) is 9.58. The van der Waals surface area contributed by atoms with Crippen LogP contribution in [0.25, 0.3) is 0 Å². The second kappa shape index (κ2) is 9.01. The van der Waals surface area contributed by atoms with E-state index in [4.69, 9.17) is 9.47 Å². The van der Waals surface area contributed by atoms with E-state index in [1.807, 2.05) is 13.0 Å². The predicted octanol–water partition coefficient (Wildman–Crippen LogP) is 3.57. The van der Waals surface area contributed by atoms with Crippen molar-refractivity contribution in [2.75, 3.05) is 38.2 Å². The number of benzene rings is 2. The van der Waals surface area contributed by atoms with Crippen LogP contribution in [0.5, 0.6) is 5.75 Å². The van der Waals surface area contributed by atoms with Crippen LogP contribution in [0.3, 0.4) is 0 Å². The van der Waals surface area contributed by atoms with E-state index in [-0.39, 0.29) is 11.8 Å². The van der Waals surface area contributed by atoms with Gasteiger partial charge >= 0.3 is 0 Å². The molecule has 142 valence electrons. The number of nitrogens with zero attached hydrogens (tertiary/aromatic N) is 1. The molecule has 2 aromatic rings. The highest BCUT2D eigenvalue weighted by Crippen LogP contribution is 2.24. The molecule has 6 nitrogen and oxygen atoms in total. The Kier molecular flexibility index (Phi) is 6.47. The van der Waals surface area contributed by atoms with Crippen molar-refractivity contribution in [1.82, 2.24) is 4.90 Å². The zero-order valence-corrected chi connectivity index (χ0v) is 16.6. The number of hydrogen-bond donors (Lipinski definition) is 1. The Morgan fingerprint density at radius 2 is 1.85 bits per heavy atom. The third-order valence-corrected chi connectivity index (χ3v) is 4.67. The molecular weight excluding hydrogens is 412 g/mol. The van der Waals surface area contributed by atoms with E-state index in [1.54, 1.807) is 41.3 Å². The van der Waals surface area contributed by atoms with Crippen LogP contribution in [-0.2, 0) is 4.74 Å². The first-order valence-electron chi connectivity index (χ1n) is 8.79. The Bertz CT molecular complexity index is 817. The van der Waals surface area contributed by atoms with Gasteiger partial charge in [0.2, 0.25) is 0 Å². The second-order valence-corrected chi connectivity index (χ2v) is 6.93. The first kappa shape index (κ1) is 19.4. The number of morpholine rings is 1. The molecule has 1 aliphatic rings. The van der Waals surface area contributed by atoms with E-state index in [0.717, 1.165) is 4.47 Å². The van der Waals surface area contributed by atoms with Crippen LogP contribution in [0.4, 0.5) is 5.69 Å². The second-order valence-electron chi connectivity index (χ2n) is 6.01. The molecule has 0 atom stereocenters. The number of halogens is 1. The highest BCUT2D eigenvalue weighted by atomic mass is 79.9. The maximum Gasteiger partial charge on any atom is 0.259 e. The van der Waals surface area contributed by atoms with Crippen LogP contribution in [-0.4, -0.2) is 49.6 Å². The number of amides is 2. The fraction of sp³-hybridized carbons (Fsp3) is 0.300. The van der Waals surface area contributed by atoms with Crippen molar-refractivity contribution in [3.05, 3.63) is 58.1 Å². The molecule has 0 aromatic heterocycles. The van der Waals surface area contributed by atoms with Crippen molar-refractivity contribution in [3.8, 4) is 5.75 Å². The summed E-state index contributed by atoms with van der Waals surface area (Å²) in [6, 6.07) is 12.2. The fourth-order valence-corrected chi connectivity index (χ4v) is 3.17. The van der Waals surface area contributed by atoms with Crippen molar-refractivity contribution >= 4 is 33.4 Å². The normalized spacial score (nSPS) is 13.9. The third-order valence-electron chi connectivity index (χ3n) is 4.17. The molecule has 7 heteroatoms. The SMILES string of the molecule is CCOc1ccc(Br)cc1C(=O)Nc1ccc(C(=O)N2CCOCC2)cc1. The van der Waals surface area contributed by atoms with Crippen LogP contribution in [0.1, 0.15) is 27.6 Å². The Hall–Kier alpha value is -2.38. The van der Waals surface area contributed by atoms with E-state index in [9.17, 15) is 9.59 Å². The summed E-state index contributed by atoms with van der Waals surface area (Å²) in [5.74, 6) is 0.228. The lowest BCUT2D eigenvalue weighted by atomic mass is 10.1. The molecule has 0 unspecified atom stereocenters. The molecule has 27 heavy (non-hydrogen) atoms. The van der Waals surface area contributed by atoms with Gasteiger partial charge in [-0.05, 0) is 49.4 Å². The summed E-state index contributed by atoms with van der Waals surface area (Å²) < 4.78 is 11.6. The maximum absolute atomic E-state index is 12.6.